The molecule has 0 aromatic carbocycles. The molecule has 6 nitrogen and oxygen atoms in total. The van der Waals surface area contributed by atoms with E-state index in [4.69, 9.17) is 4.52 Å². The maximum atomic E-state index is 11.9. The number of amides is 2. The first-order chi connectivity index (χ1) is 9.69. The zero-order chi connectivity index (χ0) is 14.4. The third kappa shape index (κ3) is 4.23. The molecule has 0 spiro atoms. The summed E-state index contributed by atoms with van der Waals surface area (Å²) in [5.41, 5.74) is 0.911. The molecule has 1 aromatic rings. The summed E-state index contributed by atoms with van der Waals surface area (Å²) >= 11 is 0. The number of unbranched alkanes of at least 4 members (excludes halogenated alkanes) is 1. The van der Waals surface area contributed by atoms with Gasteiger partial charge in [0.1, 0.15) is 0 Å². The first-order valence-electron chi connectivity index (χ1n) is 7.36. The van der Waals surface area contributed by atoms with Crippen molar-refractivity contribution in [2.45, 2.75) is 33.2 Å². The van der Waals surface area contributed by atoms with E-state index in [1.54, 1.807) is 0 Å². The molecule has 0 aliphatic carbocycles. The molecule has 0 bridgehead atoms. The smallest absolute Gasteiger partial charge is 0.317 e. The van der Waals surface area contributed by atoms with Crippen LogP contribution in [0, 0.1) is 6.92 Å². The van der Waals surface area contributed by atoms with Gasteiger partial charge in [0.05, 0.1) is 12.2 Å². The van der Waals surface area contributed by atoms with Crippen LogP contribution in [0.4, 0.5) is 4.79 Å². The Morgan fingerprint density at radius 1 is 1.40 bits per heavy atom. The van der Waals surface area contributed by atoms with E-state index in [1.807, 2.05) is 17.9 Å². The number of carbonyl (C=O) groups is 1. The van der Waals surface area contributed by atoms with Gasteiger partial charge in [-0.05, 0) is 13.3 Å². The quantitative estimate of drug-likeness (QED) is 0.832. The maximum Gasteiger partial charge on any atom is 0.317 e. The predicted octanol–water partition coefficient (Wildman–Crippen LogP) is 1.61. The molecule has 1 aromatic heterocycles. The van der Waals surface area contributed by atoms with E-state index in [1.165, 1.54) is 0 Å². The minimum Gasteiger partial charge on any atom is -0.360 e. The summed E-state index contributed by atoms with van der Waals surface area (Å²) in [5.74, 6) is 0.892. The number of rotatable bonds is 5. The van der Waals surface area contributed by atoms with Gasteiger partial charge in [0.25, 0.3) is 0 Å². The van der Waals surface area contributed by atoms with Crippen LogP contribution in [-0.4, -0.2) is 53.7 Å². The predicted molar refractivity (Wildman–Crippen MR) is 76.4 cm³/mol. The Bertz CT molecular complexity index is 425. The van der Waals surface area contributed by atoms with Crippen molar-refractivity contribution in [2.24, 2.45) is 0 Å². The number of hydrogen-bond acceptors (Lipinski definition) is 4. The number of nitrogens with zero attached hydrogens (tertiary/aromatic N) is 3. The first-order valence-corrected chi connectivity index (χ1v) is 7.36. The second-order valence-electron chi connectivity index (χ2n) is 5.28. The summed E-state index contributed by atoms with van der Waals surface area (Å²) in [4.78, 5) is 16.1. The lowest BCUT2D eigenvalue weighted by Crippen LogP contribution is -2.51. The molecule has 0 atom stereocenters. The van der Waals surface area contributed by atoms with Crippen molar-refractivity contribution in [3.05, 3.63) is 17.5 Å². The topological polar surface area (TPSA) is 61.6 Å². The van der Waals surface area contributed by atoms with Gasteiger partial charge in [-0.2, -0.15) is 0 Å². The lowest BCUT2D eigenvalue weighted by Gasteiger charge is -2.34. The lowest BCUT2D eigenvalue weighted by molar-refractivity contribution is 0.128. The summed E-state index contributed by atoms with van der Waals surface area (Å²) < 4.78 is 5.22. The second kappa shape index (κ2) is 7.28. The molecule has 1 aliphatic rings. The van der Waals surface area contributed by atoms with Crippen LogP contribution in [-0.2, 0) is 6.54 Å². The fraction of sp³-hybridized carbons (Fsp3) is 0.714. The molecule has 112 valence electrons. The Morgan fingerprint density at radius 2 is 2.15 bits per heavy atom. The molecule has 20 heavy (non-hydrogen) atoms. The second-order valence-corrected chi connectivity index (χ2v) is 5.28. The average Bonchev–Trinajstić information content (AvgIpc) is 2.85. The molecular formula is C14H24N4O2. The maximum absolute atomic E-state index is 11.9. The standard InChI is InChI=1S/C14H24N4O2/c1-3-4-5-15-14(19)18-8-6-17(7-9-18)11-13-10-12(2)16-20-13/h10H,3-9,11H2,1-2H3,(H,15,19). The molecular weight excluding hydrogens is 256 g/mol. The normalized spacial score (nSPS) is 16.4. The average molecular weight is 280 g/mol. The van der Waals surface area contributed by atoms with Crippen LogP contribution < -0.4 is 5.32 Å². The van der Waals surface area contributed by atoms with Crippen molar-refractivity contribution in [3.8, 4) is 0 Å². The van der Waals surface area contributed by atoms with Gasteiger partial charge in [0.2, 0.25) is 0 Å². The van der Waals surface area contributed by atoms with E-state index in [-0.39, 0.29) is 6.03 Å². The van der Waals surface area contributed by atoms with E-state index in [2.05, 4.69) is 22.3 Å². The number of piperazine rings is 1. The van der Waals surface area contributed by atoms with Crippen molar-refractivity contribution in [1.29, 1.82) is 0 Å². The summed E-state index contributed by atoms with van der Waals surface area (Å²) in [6, 6.07) is 2.03. The Hall–Kier alpha value is -1.56. The fourth-order valence-corrected chi connectivity index (χ4v) is 2.30. The highest BCUT2D eigenvalue weighted by atomic mass is 16.5. The van der Waals surface area contributed by atoms with Crippen molar-refractivity contribution in [1.82, 2.24) is 20.3 Å². The molecule has 1 fully saturated rings. The Morgan fingerprint density at radius 3 is 2.75 bits per heavy atom. The van der Waals surface area contributed by atoms with Crippen LogP contribution in [0.1, 0.15) is 31.2 Å². The molecule has 1 aliphatic heterocycles. The summed E-state index contributed by atoms with van der Waals surface area (Å²) in [6.07, 6.45) is 2.14. The highest BCUT2D eigenvalue weighted by Gasteiger charge is 2.21. The van der Waals surface area contributed by atoms with Gasteiger partial charge in [-0.15, -0.1) is 0 Å². The van der Waals surface area contributed by atoms with E-state index < -0.39 is 0 Å². The van der Waals surface area contributed by atoms with Crippen LogP contribution in [0.5, 0.6) is 0 Å². The Balaban J connectivity index is 1.70. The molecule has 0 unspecified atom stereocenters. The minimum absolute atomic E-state index is 0.0635. The van der Waals surface area contributed by atoms with Gasteiger partial charge in [-0.3, -0.25) is 4.90 Å². The number of hydrogen-bond donors (Lipinski definition) is 1. The van der Waals surface area contributed by atoms with Crippen LogP contribution in [0.25, 0.3) is 0 Å². The van der Waals surface area contributed by atoms with Gasteiger partial charge in [-0.25, -0.2) is 4.79 Å². The molecule has 6 heteroatoms. The number of nitrogens with one attached hydrogen (secondary N) is 1. The molecule has 1 N–H and O–H groups in total. The number of aromatic nitrogens is 1. The van der Waals surface area contributed by atoms with Gasteiger partial charge in [-0.1, -0.05) is 18.5 Å². The van der Waals surface area contributed by atoms with E-state index >= 15 is 0 Å². The van der Waals surface area contributed by atoms with E-state index in [0.717, 1.165) is 63.6 Å². The minimum atomic E-state index is 0.0635. The zero-order valence-electron chi connectivity index (χ0n) is 12.4. The largest absolute Gasteiger partial charge is 0.360 e. The number of carbonyl (C=O) groups excluding carboxylic acids is 1. The third-order valence-electron chi connectivity index (χ3n) is 3.52. The van der Waals surface area contributed by atoms with E-state index in [0.29, 0.717) is 0 Å². The SMILES string of the molecule is CCCCNC(=O)N1CCN(Cc2cc(C)no2)CC1. The van der Waals surface area contributed by atoms with E-state index in [9.17, 15) is 4.79 Å². The van der Waals surface area contributed by atoms with Gasteiger partial charge < -0.3 is 14.7 Å². The van der Waals surface area contributed by atoms with Gasteiger partial charge in [0, 0.05) is 38.8 Å². The lowest BCUT2D eigenvalue weighted by atomic mass is 10.3. The highest BCUT2D eigenvalue weighted by molar-refractivity contribution is 5.74. The van der Waals surface area contributed by atoms with Crippen LogP contribution in [0.3, 0.4) is 0 Å². The first kappa shape index (κ1) is 14.8. The molecule has 2 amide bonds. The Kier molecular flexibility index (Phi) is 5.40. The number of urea groups is 1. The molecule has 2 rings (SSSR count). The van der Waals surface area contributed by atoms with Crippen LogP contribution >= 0.6 is 0 Å². The van der Waals surface area contributed by atoms with Crippen molar-refractivity contribution >= 4 is 6.03 Å². The molecule has 0 saturated carbocycles. The van der Waals surface area contributed by atoms with Crippen LogP contribution in [0.2, 0.25) is 0 Å². The molecule has 0 radical (unpaired) electrons. The van der Waals surface area contributed by atoms with Gasteiger partial charge >= 0.3 is 6.03 Å². The highest BCUT2D eigenvalue weighted by Crippen LogP contribution is 2.09. The summed E-state index contributed by atoms with van der Waals surface area (Å²) in [7, 11) is 0. The Labute approximate surface area is 120 Å². The molecule has 2 heterocycles. The van der Waals surface area contributed by atoms with Crippen LogP contribution in [0.15, 0.2) is 10.6 Å². The summed E-state index contributed by atoms with van der Waals surface area (Å²) in [6.45, 7) is 8.87. The summed E-state index contributed by atoms with van der Waals surface area (Å²) in [5, 5.41) is 6.85. The zero-order valence-corrected chi connectivity index (χ0v) is 12.4. The number of aryl methyl sites for hydroxylation is 1. The molecule has 1 saturated heterocycles. The van der Waals surface area contributed by atoms with Crippen molar-refractivity contribution in [3.63, 3.8) is 0 Å². The van der Waals surface area contributed by atoms with Crippen molar-refractivity contribution in [2.75, 3.05) is 32.7 Å². The van der Waals surface area contributed by atoms with Gasteiger partial charge in [0.15, 0.2) is 5.76 Å². The fourth-order valence-electron chi connectivity index (χ4n) is 2.30. The third-order valence-corrected chi connectivity index (χ3v) is 3.52. The monoisotopic (exact) mass is 280 g/mol. The van der Waals surface area contributed by atoms with Crippen molar-refractivity contribution < 1.29 is 9.32 Å².